The van der Waals surface area contributed by atoms with E-state index in [0.29, 0.717) is 82.7 Å². The standard InChI is InChI=1S/C43H59N7O8/c1-7-24(2)38(51)45-26(4)42(55)49-20-10-16-34(49)40(53)47-32-18-22-57-36-28(12-8-14-30(32)36)29-13-9-15-31-33(19-23-58-37(29)31)48-41(54)35-17-11-21-50(35)43(56)27(5)46-39(52)25(3)44-6/h8-9,12-15,24-27,32-35,44H,7,10-11,16-23H2,1-6H3,(H,45,51)(H,46,52)(H,47,53)(H,48,54)/t24-,25+,26+,27+,32-,33-,34+,35+/m1/s1. The first kappa shape index (κ1) is 42.4. The van der Waals surface area contributed by atoms with Crippen molar-refractivity contribution >= 4 is 35.4 Å². The fourth-order valence-electron chi connectivity index (χ4n) is 8.35. The maximum atomic E-state index is 13.8. The molecule has 0 aromatic heterocycles. The van der Waals surface area contributed by atoms with E-state index < -0.39 is 30.2 Å². The SMILES string of the molecule is CC[C@@H](C)C(=O)N[C@@H](C)C(=O)N1CCC[C@H]1C(=O)N[C@@H]1CCOc2c(-c3cccc4c3OCC[C@H]4NC(=O)[C@@H]3CCCN3C(=O)[C@H](C)NC(=O)[C@H](C)NC)cccc21. The number of rotatable bonds is 13. The third-order valence-electron chi connectivity index (χ3n) is 12.1. The van der Waals surface area contributed by atoms with E-state index >= 15 is 0 Å². The van der Waals surface area contributed by atoms with Crippen molar-refractivity contribution in [2.24, 2.45) is 5.92 Å². The molecule has 2 aromatic carbocycles. The molecule has 4 heterocycles. The first-order valence-corrected chi connectivity index (χ1v) is 20.9. The van der Waals surface area contributed by atoms with E-state index in [-0.39, 0.29) is 53.4 Å². The predicted molar refractivity (Wildman–Crippen MR) is 217 cm³/mol. The number of ether oxygens (including phenoxy) is 2. The van der Waals surface area contributed by atoms with Crippen LogP contribution in [0.1, 0.15) is 103 Å². The summed E-state index contributed by atoms with van der Waals surface area (Å²) >= 11 is 0. The second-order valence-electron chi connectivity index (χ2n) is 16.0. The van der Waals surface area contributed by atoms with Gasteiger partial charge in [0.2, 0.25) is 35.4 Å². The van der Waals surface area contributed by atoms with Crippen molar-refractivity contribution in [3.8, 4) is 22.6 Å². The summed E-state index contributed by atoms with van der Waals surface area (Å²) in [7, 11) is 1.67. The maximum Gasteiger partial charge on any atom is 0.245 e. The van der Waals surface area contributed by atoms with Gasteiger partial charge in [-0.25, -0.2) is 0 Å². The van der Waals surface area contributed by atoms with Crippen molar-refractivity contribution in [1.29, 1.82) is 0 Å². The number of fused-ring (bicyclic) bond motifs is 2. The molecule has 0 bridgehead atoms. The van der Waals surface area contributed by atoms with E-state index in [1.807, 2.05) is 50.2 Å². The third-order valence-corrected chi connectivity index (χ3v) is 12.1. The zero-order valence-electron chi connectivity index (χ0n) is 34.5. The lowest BCUT2D eigenvalue weighted by atomic mass is 9.90. The number of hydrogen-bond donors (Lipinski definition) is 5. The minimum atomic E-state index is -0.778. The number of nitrogens with zero attached hydrogens (tertiary/aromatic N) is 2. The lowest BCUT2D eigenvalue weighted by molar-refractivity contribution is -0.141. The lowest BCUT2D eigenvalue weighted by Crippen LogP contribution is -2.54. The van der Waals surface area contributed by atoms with E-state index in [1.54, 1.807) is 37.6 Å². The Hall–Kier alpha value is -5.18. The zero-order valence-corrected chi connectivity index (χ0v) is 34.5. The Bertz CT molecular complexity index is 1750. The fraction of sp³-hybridized carbons (Fsp3) is 0.581. The molecule has 0 radical (unpaired) electrons. The Balaban J connectivity index is 1.16. The molecule has 4 aliphatic rings. The molecular formula is C43H59N7O8. The molecule has 5 N–H and O–H groups in total. The Morgan fingerprint density at radius 1 is 0.655 bits per heavy atom. The molecule has 15 heteroatoms. The van der Waals surface area contributed by atoms with Gasteiger partial charge in [-0.2, -0.15) is 0 Å². The molecule has 4 aliphatic heterocycles. The zero-order chi connectivity index (χ0) is 41.7. The van der Waals surface area contributed by atoms with Crippen LogP contribution in [0.5, 0.6) is 11.5 Å². The van der Waals surface area contributed by atoms with Gasteiger partial charge in [0.05, 0.1) is 31.3 Å². The summed E-state index contributed by atoms with van der Waals surface area (Å²) in [5, 5.41) is 14.8. The van der Waals surface area contributed by atoms with Gasteiger partial charge in [0.15, 0.2) is 0 Å². The largest absolute Gasteiger partial charge is 0.492 e. The number of carbonyl (C=O) groups is 6. The molecule has 2 aromatic rings. The smallest absolute Gasteiger partial charge is 0.245 e. The number of nitrogens with one attached hydrogen (secondary N) is 5. The van der Waals surface area contributed by atoms with Gasteiger partial charge in [-0.05, 0) is 59.9 Å². The van der Waals surface area contributed by atoms with Crippen LogP contribution in [0, 0.1) is 5.92 Å². The number of hydrogen-bond acceptors (Lipinski definition) is 9. The monoisotopic (exact) mass is 801 g/mol. The van der Waals surface area contributed by atoms with Gasteiger partial charge in [-0.1, -0.05) is 50.2 Å². The summed E-state index contributed by atoms with van der Waals surface area (Å²) in [5.41, 5.74) is 3.21. The van der Waals surface area contributed by atoms with Crippen LogP contribution in [0.4, 0.5) is 0 Å². The number of carbonyl (C=O) groups excluding carboxylic acids is 6. The van der Waals surface area contributed by atoms with Crippen molar-refractivity contribution in [2.75, 3.05) is 33.4 Å². The fourth-order valence-corrected chi connectivity index (χ4v) is 8.35. The highest BCUT2D eigenvalue weighted by Crippen LogP contribution is 2.46. The first-order valence-electron chi connectivity index (χ1n) is 20.9. The molecular weight excluding hydrogens is 743 g/mol. The molecule has 6 rings (SSSR count). The van der Waals surface area contributed by atoms with Crippen LogP contribution in [0.15, 0.2) is 36.4 Å². The normalized spacial score (nSPS) is 23.1. The van der Waals surface area contributed by atoms with Crippen LogP contribution >= 0.6 is 0 Å². The summed E-state index contributed by atoms with van der Waals surface area (Å²) < 4.78 is 12.6. The van der Waals surface area contributed by atoms with Crippen molar-refractivity contribution in [3.05, 3.63) is 47.5 Å². The Morgan fingerprint density at radius 2 is 1.10 bits per heavy atom. The lowest BCUT2D eigenvalue weighted by Gasteiger charge is -2.33. The van der Waals surface area contributed by atoms with Crippen molar-refractivity contribution in [2.45, 2.75) is 122 Å². The van der Waals surface area contributed by atoms with Gasteiger partial charge in [0, 0.05) is 54.1 Å². The molecule has 6 amide bonds. The van der Waals surface area contributed by atoms with E-state index in [4.69, 9.17) is 9.47 Å². The summed E-state index contributed by atoms with van der Waals surface area (Å²) in [6.07, 6.45) is 4.18. The van der Waals surface area contributed by atoms with Crippen LogP contribution in [-0.4, -0.2) is 109 Å². The highest BCUT2D eigenvalue weighted by Gasteiger charge is 2.40. The molecule has 15 nitrogen and oxygen atoms in total. The highest BCUT2D eigenvalue weighted by atomic mass is 16.5. The first-order chi connectivity index (χ1) is 27.8. The molecule has 8 atom stereocenters. The van der Waals surface area contributed by atoms with E-state index in [9.17, 15) is 28.8 Å². The highest BCUT2D eigenvalue weighted by molar-refractivity contribution is 5.94. The van der Waals surface area contributed by atoms with Gasteiger partial charge < -0.3 is 45.9 Å². The van der Waals surface area contributed by atoms with Crippen molar-refractivity contribution < 1.29 is 38.2 Å². The number of likely N-dealkylation sites (tertiary alicyclic amines) is 2. The number of amides is 6. The average Bonchev–Trinajstić information content (AvgIpc) is 3.93. The summed E-state index contributed by atoms with van der Waals surface area (Å²) in [6.45, 7) is 10.4. The second kappa shape index (κ2) is 18.6. The predicted octanol–water partition coefficient (Wildman–Crippen LogP) is 2.88. The molecule has 0 spiro atoms. The number of likely N-dealkylation sites (N-methyl/N-ethyl adjacent to an activating group) is 1. The van der Waals surface area contributed by atoms with Gasteiger partial charge in [-0.15, -0.1) is 0 Å². The Kier molecular flexibility index (Phi) is 13.6. The Morgan fingerprint density at radius 3 is 1.53 bits per heavy atom. The topological polar surface area (TPSA) is 188 Å². The van der Waals surface area contributed by atoms with Crippen molar-refractivity contribution in [1.82, 2.24) is 36.4 Å². The van der Waals surface area contributed by atoms with Crippen LogP contribution in [0.3, 0.4) is 0 Å². The van der Waals surface area contributed by atoms with Crippen LogP contribution < -0.4 is 36.1 Å². The maximum absolute atomic E-state index is 13.8. The Labute approximate surface area is 340 Å². The average molecular weight is 802 g/mol. The molecule has 0 saturated carbocycles. The summed E-state index contributed by atoms with van der Waals surface area (Å²) in [5.74, 6) is -0.459. The minimum absolute atomic E-state index is 0.179. The van der Waals surface area contributed by atoms with Gasteiger partial charge in [0.25, 0.3) is 0 Å². The number of benzene rings is 2. The second-order valence-corrected chi connectivity index (χ2v) is 16.0. The summed E-state index contributed by atoms with van der Waals surface area (Å²) in [4.78, 5) is 82.6. The van der Waals surface area contributed by atoms with E-state index in [0.717, 1.165) is 22.3 Å². The molecule has 0 unspecified atom stereocenters. The van der Waals surface area contributed by atoms with Crippen LogP contribution in [0.25, 0.3) is 11.1 Å². The van der Waals surface area contributed by atoms with Crippen LogP contribution in [-0.2, 0) is 28.8 Å². The quantitative estimate of drug-likeness (QED) is 0.203. The number of para-hydroxylation sites is 2. The van der Waals surface area contributed by atoms with Gasteiger partial charge in [-0.3, -0.25) is 28.8 Å². The molecule has 2 fully saturated rings. The molecule has 58 heavy (non-hydrogen) atoms. The van der Waals surface area contributed by atoms with E-state index in [2.05, 4.69) is 26.6 Å². The van der Waals surface area contributed by atoms with Gasteiger partial charge in [0.1, 0.15) is 35.7 Å². The van der Waals surface area contributed by atoms with E-state index in [1.165, 1.54) is 0 Å². The minimum Gasteiger partial charge on any atom is -0.492 e. The summed E-state index contributed by atoms with van der Waals surface area (Å²) in [6, 6.07) is 7.63. The third kappa shape index (κ3) is 8.93. The molecule has 2 saturated heterocycles. The van der Waals surface area contributed by atoms with Gasteiger partial charge >= 0.3 is 0 Å². The van der Waals surface area contributed by atoms with Crippen molar-refractivity contribution in [3.63, 3.8) is 0 Å². The molecule has 0 aliphatic carbocycles. The van der Waals surface area contributed by atoms with Crippen LogP contribution in [0.2, 0.25) is 0 Å². The molecule has 314 valence electrons.